The first-order chi connectivity index (χ1) is 10.0. The van der Waals surface area contributed by atoms with Gasteiger partial charge in [-0.1, -0.05) is 0 Å². The maximum absolute atomic E-state index is 13.3. The molecule has 1 aliphatic rings. The van der Waals surface area contributed by atoms with E-state index < -0.39 is 11.6 Å². The molecule has 1 aromatic heterocycles. The number of morpholine rings is 1. The van der Waals surface area contributed by atoms with E-state index in [0.29, 0.717) is 30.7 Å². The first-order valence-corrected chi connectivity index (χ1v) is 6.74. The molecular formula is C14H15F2N3O2. The van der Waals surface area contributed by atoms with E-state index in [2.05, 4.69) is 4.98 Å². The molecule has 3 rings (SSSR count). The number of carbonyl (C=O) groups excluding carboxylic acids is 1. The molecule has 5 nitrogen and oxygen atoms in total. The fourth-order valence-corrected chi connectivity index (χ4v) is 2.47. The molecule has 1 amide bonds. The second-order valence-electron chi connectivity index (χ2n) is 5.15. The average Bonchev–Trinajstić information content (AvgIpc) is 2.82. The number of benzene rings is 1. The van der Waals surface area contributed by atoms with Crippen LogP contribution in [0.15, 0.2) is 18.5 Å². The molecule has 0 spiro atoms. The number of carbonyl (C=O) groups is 1. The fraction of sp³-hybridized carbons (Fsp3) is 0.429. The Kier molecular flexibility index (Phi) is 3.59. The summed E-state index contributed by atoms with van der Waals surface area (Å²) in [6.45, 7) is 3.54. The number of ether oxygens (including phenoxy) is 1. The van der Waals surface area contributed by atoms with Crippen LogP contribution in [0, 0.1) is 11.6 Å². The molecule has 7 heteroatoms. The molecule has 112 valence electrons. The van der Waals surface area contributed by atoms with E-state index in [-0.39, 0.29) is 18.6 Å². The van der Waals surface area contributed by atoms with Crippen LogP contribution in [-0.2, 0) is 16.1 Å². The Balaban J connectivity index is 1.81. The summed E-state index contributed by atoms with van der Waals surface area (Å²) in [6.07, 6.45) is 1.43. The predicted molar refractivity (Wildman–Crippen MR) is 71.6 cm³/mol. The van der Waals surface area contributed by atoms with Crippen LogP contribution < -0.4 is 0 Å². The number of aromatic nitrogens is 2. The number of imidazole rings is 1. The third-order valence-electron chi connectivity index (χ3n) is 3.56. The lowest BCUT2D eigenvalue weighted by atomic mass is 10.2. The summed E-state index contributed by atoms with van der Waals surface area (Å²) in [5.41, 5.74) is 0.737. The van der Waals surface area contributed by atoms with Crippen molar-refractivity contribution in [2.24, 2.45) is 0 Å². The van der Waals surface area contributed by atoms with E-state index >= 15 is 0 Å². The highest BCUT2D eigenvalue weighted by molar-refractivity contribution is 5.80. The molecule has 1 fully saturated rings. The maximum Gasteiger partial charge on any atom is 0.242 e. The molecular weight excluding hydrogens is 280 g/mol. The van der Waals surface area contributed by atoms with Crippen LogP contribution in [0.25, 0.3) is 11.0 Å². The van der Waals surface area contributed by atoms with Gasteiger partial charge in [0.15, 0.2) is 11.6 Å². The molecule has 1 atom stereocenters. The van der Waals surface area contributed by atoms with Crippen molar-refractivity contribution in [2.75, 3.05) is 19.7 Å². The van der Waals surface area contributed by atoms with Crippen molar-refractivity contribution in [1.29, 1.82) is 0 Å². The highest BCUT2D eigenvalue weighted by Crippen LogP contribution is 2.18. The number of rotatable bonds is 2. The van der Waals surface area contributed by atoms with Gasteiger partial charge in [0.05, 0.1) is 30.1 Å². The van der Waals surface area contributed by atoms with Gasteiger partial charge in [0.2, 0.25) is 5.91 Å². The normalized spacial score (nSPS) is 19.2. The van der Waals surface area contributed by atoms with Crippen molar-refractivity contribution in [3.63, 3.8) is 0 Å². The molecule has 0 bridgehead atoms. The monoisotopic (exact) mass is 295 g/mol. The fourth-order valence-electron chi connectivity index (χ4n) is 2.47. The molecule has 1 aromatic carbocycles. The van der Waals surface area contributed by atoms with Crippen LogP contribution in [-0.4, -0.2) is 46.2 Å². The third-order valence-corrected chi connectivity index (χ3v) is 3.56. The van der Waals surface area contributed by atoms with Crippen LogP contribution in [0.3, 0.4) is 0 Å². The number of nitrogens with zero attached hydrogens (tertiary/aromatic N) is 3. The van der Waals surface area contributed by atoms with Gasteiger partial charge in [0.1, 0.15) is 6.54 Å². The van der Waals surface area contributed by atoms with Gasteiger partial charge in [-0.05, 0) is 6.92 Å². The second kappa shape index (κ2) is 5.40. The number of halogens is 2. The largest absolute Gasteiger partial charge is 0.375 e. The van der Waals surface area contributed by atoms with Gasteiger partial charge in [0.25, 0.3) is 0 Å². The summed E-state index contributed by atoms with van der Waals surface area (Å²) in [4.78, 5) is 18.0. The first kappa shape index (κ1) is 13.9. The van der Waals surface area contributed by atoms with Gasteiger partial charge in [0, 0.05) is 25.2 Å². The van der Waals surface area contributed by atoms with Gasteiger partial charge in [-0.2, -0.15) is 0 Å². The highest BCUT2D eigenvalue weighted by atomic mass is 19.2. The third kappa shape index (κ3) is 2.73. The summed E-state index contributed by atoms with van der Waals surface area (Å²) >= 11 is 0. The van der Waals surface area contributed by atoms with Crippen LogP contribution >= 0.6 is 0 Å². The van der Waals surface area contributed by atoms with E-state index in [0.717, 1.165) is 12.1 Å². The summed E-state index contributed by atoms with van der Waals surface area (Å²) in [5, 5.41) is 0. The zero-order valence-corrected chi connectivity index (χ0v) is 11.6. The molecule has 0 saturated carbocycles. The molecule has 2 heterocycles. The highest BCUT2D eigenvalue weighted by Gasteiger charge is 2.22. The zero-order valence-electron chi connectivity index (χ0n) is 11.6. The van der Waals surface area contributed by atoms with Gasteiger partial charge in [-0.15, -0.1) is 0 Å². The summed E-state index contributed by atoms with van der Waals surface area (Å²) < 4.78 is 33.4. The molecule has 0 N–H and O–H groups in total. The van der Waals surface area contributed by atoms with Crippen LogP contribution in [0.4, 0.5) is 8.78 Å². The van der Waals surface area contributed by atoms with Crippen LogP contribution in [0.2, 0.25) is 0 Å². The number of hydrogen-bond donors (Lipinski definition) is 0. The van der Waals surface area contributed by atoms with Gasteiger partial charge >= 0.3 is 0 Å². The smallest absolute Gasteiger partial charge is 0.242 e. The Bertz CT molecular complexity index is 686. The Labute approximate surface area is 120 Å². The van der Waals surface area contributed by atoms with Crippen LogP contribution in [0.5, 0.6) is 0 Å². The minimum absolute atomic E-state index is 0.00812. The Morgan fingerprint density at radius 3 is 2.95 bits per heavy atom. The summed E-state index contributed by atoms with van der Waals surface area (Å²) in [5.74, 6) is -1.98. The average molecular weight is 295 g/mol. The van der Waals surface area contributed by atoms with E-state index in [4.69, 9.17) is 4.74 Å². The zero-order chi connectivity index (χ0) is 15.0. The van der Waals surface area contributed by atoms with Crippen molar-refractivity contribution < 1.29 is 18.3 Å². The van der Waals surface area contributed by atoms with Crippen molar-refractivity contribution in [3.05, 3.63) is 30.1 Å². The lowest BCUT2D eigenvalue weighted by Gasteiger charge is -2.31. The van der Waals surface area contributed by atoms with Crippen LogP contribution in [0.1, 0.15) is 6.92 Å². The number of fused-ring (bicyclic) bond motifs is 1. The Morgan fingerprint density at radius 1 is 1.43 bits per heavy atom. The molecule has 0 radical (unpaired) electrons. The van der Waals surface area contributed by atoms with Crippen molar-refractivity contribution in [2.45, 2.75) is 19.6 Å². The van der Waals surface area contributed by atoms with E-state index in [1.165, 1.54) is 10.9 Å². The van der Waals surface area contributed by atoms with Gasteiger partial charge in [-0.3, -0.25) is 4.79 Å². The van der Waals surface area contributed by atoms with Crippen molar-refractivity contribution >= 4 is 16.9 Å². The molecule has 0 aliphatic carbocycles. The first-order valence-electron chi connectivity index (χ1n) is 6.74. The maximum atomic E-state index is 13.3. The van der Waals surface area contributed by atoms with Crippen molar-refractivity contribution in [1.82, 2.24) is 14.5 Å². The molecule has 21 heavy (non-hydrogen) atoms. The molecule has 0 unspecified atom stereocenters. The molecule has 2 aromatic rings. The minimum Gasteiger partial charge on any atom is -0.375 e. The summed E-state index contributed by atoms with van der Waals surface area (Å²) in [7, 11) is 0. The lowest BCUT2D eigenvalue weighted by Crippen LogP contribution is -2.45. The quantitative estimate of drug-likeness (QED) is 0.845. The van der Waals surface area contributed by atoms with Crippen molar-refractivity contribution in [3.8, 4) is 0 Å². The number of hydrogen-bond acceptors (Lipinski definition) is 3. The SMILES string of the molecule is C[C@@H]1CN(C(=O)Cn2cnc3cc(F)c(F)cc32)CCO1. The predicted octanol–water partition coefficient (Wildman–Crippen LogP) is 1.56. The summed E-state index contributed by atoms with van der Waals surface area (Å²) in [6, 6.07) is 2.09. The molecule has 1 saturated heterocycles. The minimum atomic E-state index is -0.948. The standard InChI is InChI=1S/C14H15F2N3O2/c1-9-6-18(2-3-21-9)14(20)7-19-8-17-12-4-10(15)11(16)5-13(12)19/h4-5,8-9H,2-3,6-7H2,1H3/t9-/m1/s1. The lowest BCUT2D eigenvalue weighted by molar-refractivity contribution is -0.138. The molecule has 1 aliphatic heterocycles. The van der Waals surface area contributed by atoms with E-state index in [9.17, 15) is 13.6 Å². The topological polar surface area (TPSA) is 47.4 Å². The second-order valence-corrected chi connectivity index (χ2v) is 5.15. The number of amides is 1. The van der Waals surface area contributed by atoms with E-state index in [1.807, 2.05) is 6.92 Å². The van der Waals surface area contributed by atoms with Gasteiger partial charge < -0.3 is 14.2 Å². The Hall–Kier alpha value is -2.02. The van der Waals surface area contributed by atoms with E-state index in [1.54, 1.807) is 4.90 Å². The van der Waals surface area contributed by atoms with Gasteiger partial charge in [-0.25, -0.2) is 13.8 Å². The Morgan fingerprint density at radius 2 is 2.19 bits per heavy atom.